The van der Waals surface area contributed by atoms with Crippen LogP contribution in [0.15, 0.2) is 67.0 Å². The highest BCUT2D eigenvalue weighted by atomic mass is 16.4. The predicted octanol–water partition coefficient (Wildman–Crippen LogP) is 3.03. The summed E-state index contributed by atoms with van der Waals surface area (Å²) in [6, 6.07) is 17.6. The fourth-order valence-electron chi connectivity index (χ4n) is 2.88. The first-order valence-corrected chi connectivity index (χ1v) is 7.97. The van der Waals surface area contributed by atoms with Crippen LogP contribution >= 0.6 is 0 Å². The topological polar surface area (TPSA) is 85.8 Å². The lowest BCUT2D eigenvalue weighted by atomic mass is 9.97. The molecule has 7 heteroatoms. The molecule has 4 rings (SSSR count). The van der Waals surface area contributed by atoms with E-state index in [4.69, 9.17) is 0 Å². The molecule has 0 spiro atoms. The SMILES string of the molecule is Cn1ccc(-c2cc(-n3nncc3C(=O)O)ccc2-c2ccccc2)n1. The number of carboxylic acid groups (broad SMARTS) is 1. The molecule has 0 bridgehead atoms. The van der Waals surface area contributed by atoms with Gasteiger partial charge in [-0.15, -0.1) is 5.10 Å². The first kappa shape index (κ1) is 15.8. The van der Waals surface area contributed by atoms with Crippen LogP contribution in [0.5, 0.6) is 0 Å². The number of aryl methyl sites for hydroxylation is 1. The highest BCUT2D eigenvalue weighted by Crippen LogP contribution is 2.33. The van der Waals surface area contributed by atoms with Crippen molar-refractivity contribution in [2.75, 3.05) is 0 Å². The van der Waals surface area contributed by atoms with Gasteiger partial charge >= 0.3 is 5.97 Å². The number of rotatable bonds is 4. The summed E-state index contributed by atoms with van der Waals surface area (Å²) < 4.78 is 3.04. The zero-order valence-electron chi connectivity index (χ0n) is 13.9. The van der Waals surface area contributed by atoms with Crippen LogP contribution in [-0.4, -0.2) is 35.9 Å². The Morgan fingerprint density at radius 1 is 1.04 bits per heavy atom. The predicted molar refractivity (Wildman–Crippen MR) is 96.0 cm³/mol. The molecule has 0 aliphatic rings. The first-order valence-electron chi connectivity index (χ1n) is 7.97. The van der Waals surface area contributed by atoms with Gasteiger partial charge in [-0.3, -0.25) is 4.68 Å². The minimum atomic E-state index is -1.08. The van der Waals surface area contributed by atoms with Crippen molar-refractivity contribution >= 4 is 5.97 Å². The number of nitrogens with zero attached hydrogens (tertiary/aromatic N) is 5. The van der Waals surface area contributed by atoms with Gasteiger partial charge in [0, 0.05) is 18.8 Å². The molecule has 0 unspecified atom stereocenters. The summed E-state index contributed by atoms with van der Waals surface area (Å²) >= 11 is 0. The van der Waals surface area contributed by atoms with Crippen LogP contribution in [0.1, 0.15) is 10.5 Å². The molecule has 4 aromatic rings. The van der Waals surface area contributed by atoms with Crippen molar-refractivity contribution in [3.8, 4) is 28.1 Å². The van der Waals surface area contributed by atoms with Crippen LogP contribution in [-0.2, 0) is 7.05 Å². The van der Waals surface area contributed by atoms with Crippen LogP contribution in [0, 0.1) is 0 Å². The van der Waals surface area contributed by atoms with Crippen molar-refractivity contribution < 1.29 is 9.90 Å². The maximum Gasteiger partial charge on any atom is 0.356 e. The van der Waals surface area contributed by atoms with Crippen LogP contribution in [0.25, 0.3) is 28.1 Å². The molecule has 0 saturated heterocycles. The van der Waals surface area contributed by atoms with Crippen molar-refractivity contribution in [2.24, 2.45) is 7.05 Å². The van der Waals surface area contributed by atoms with Gasteiger partial charge < -0.3 is 5.11 Å². The average molecular weight is 345 g/mol. The van der Waals surface area contributed by atoms with E-state index in [1.165, 1.54) is 10.9 Å². The fourth-order valence-corrected chi connectivity index (χ4v) is 2.88. The lowest BCUT2D eigenvalue weighted by Gasteiger charge is -2.11. The molecule has 0 aliphatic carbocycles. The molecule has 0 atom stereocenters. The number of hydrogen-bond donors (Lipinski definition) is 1. The van der Waals surface area contributed by atoms with E-state index in [0.717, 1.165) is 22.4 Å². The highest BCUT2D eigenvalue weighted by molar-refractivity contribution is 5.87. The minimum absolute atomic E-state index is 0.00410. The summed E-state index contributed by atoms with van der Waals surface area (Å²) in [5.74, 6) is -1.08. The third-order valence-electron chi connectivity index (χ3n) is 4.09. The Kier molecular flexibility index (Phi) is 3.81. The molecule has 2 aromatic carbocycles. The Morgan fingerprint density at radius 3 is 2.54 bits per heavy atom. The smallest absolute Gasteiger partial charge is 0.356 e. The zero-order valence-corrected chi connectivity index (χ0v) is 13.9. The third kappa shape index (κ3) is 2.75. The second kappa shape index (κ2) is 6.29. The molecule has 1 N–H and O–H groups in total. The molecule has 0 fully saturated rings. The van der Waals surface area contributed by atoms with Gasteiger partial charge in [0.2, 0.25) is 0 Å². The van der Waals surface area contributed by atoms with E-state index < -0.39 is 5.97 Å². The van der Waals surface area contributed by atoms with Crippen molar-refractivity contribution in [2.45, 2.75) is 0 Å². The van der Waals surface area contributed by atoms with E-state index in [9.17, 15) is 9.90 Å². The van der Waals surface area contributed by atoms with Gasteiger partial charge in [0.1, 0.15) is 0 Å². The molecule has 7 nitrogen and oxygen atoms in total. The lowest BCUT2D eigenvalue weighted by molar-refractivity contribution is 0.0687. The number of aromatic nitrogens is 5. The average Bonchev–Trinajstić information content (AvgIpc) is 3.31. The van der Waals surface area contributed by atoms with Gasteiger partial charge in [-0.25, -0.2) is 9.48 Å². The number of hydrogen-bond acceptors (Lipinski definition) is 4. The Morgan fingerprint density at radius 2 is 1.85 bits per heavy atom. The van der Waals surface area contributed by atoms with Crippen LogP contribution in [0.4, 0.5) is 0 Å². The molecule has 26 heavy (non-hydrogen) atoms. The second-order valence-corrected chi connectivity index (χ2v) is 5.81. The largest absolute Gasteiger partial charge is 0.476 e. The number of carboxylic acids is 1. The maximum absolute atomic E-state index is 11.4. The Bertz CT molecular complexity index is 1080. The van der Waals surface area contributed by atoms with E-state index in [-0.39, 0.29) is 5.69 Å². The summed E-state index contributed by atoms with van der Waals surface area (Å²) in [5.41, 5.74) is 4.36. The van der Waals surface area contributed by atoms with Crippen molar-refractivity contribution in [3.05, 3.63) is 72.7 Å². The summed E-state index contributed by atoms with van der Waals surface area (Å²) in [6.45, 7) is 0. The van der Waals surface area contributed by atoms with Crippen molar-refractivity contribution in [3.63, 3.8) is 0 Å². The van der Waals surface area contributed by atoms with Gasteiger partial charge in [-0.2, -0.15) is 5.10 Å². The van der Waals surface area contributed by atoms with Gasteiger partial charge in [-0.1, -0.05) is 41.6 Å². The Labute approximate surface area is 149 Å². The number of aromatic carboxylic acids is 1. The fraction of sp³-hybridized carbons (Fsp3) is 0.0526. The summed E-state index contributed by atoms with van der Waals surface area (Å²) in [5, 5.41) is 21.5. The zero-order chi connectivity index (χ0) is 18.1. The molecule has 2 heterocycles. The molecule has 0 saturated carbocycles. The van der Waals surface area contributed by atoms with E-state index in [1.54, 1.807) is 4.68 Å². The van der Waals surface area contributed by atoms with E-state index in [0.29, 0.717) is 5.69 Å². The van der Waals surface area contributed by atoms with Gasteiger partial charge in [0.05, 0.1) is 17.6 Å². The van der Waals surface area contributed by atoms with Gasteiger partial charge in [0.25, 0.3) is 0 Å². The molecular formula is C19H15N5O2. The second-order valence-electron chi connectivity index (χ2n) is 5.81. The molecule has 128 valence electrons. The molecule has 2 aromatic heterocycles. The van der Waals surface area contributed by atoms with Crippen LogP contribution in [0.3, 0.4) is 0 Å². The molecule has 0 radical (unpaired) electrons. The van der Waals surface area contributed by atoms with Gasteiger partial charge in [0.15, 0.2) is 5.69 Å². The molecule has 0 aliphatic heterocycles. The summed E-state index contributed by atoms with van der Waals surface area (Å²) in [6.07, 6.45) is 3.10. The maximum atomic E-state index is 11.4. The highest BCUT2D eigenvalue weighted by Gasteiger charge is 2.16. The van der Waals surface area contributed by atoms with Crippen molar-refractivity contribution in [1.29, 1.82) is 0 Å². The van der Waals surface area contributed by atoms with Gasteiger partial charge in [-0.05, 0) is 29.3 Å². The Hall–Kier alpha value is -3.74. The number of carbonyl (C=O) groups is 1. The van der Waals surface area contributed by atoms with E-state index in [1.807, 2.05) is 67.8 Å². The van der Waals surface area contributed by atoms with Crippen molar-refractivity contribution in [1.82, 2.24) is 24.8 Å². The standard InChI is InChI=1S/C19H15N5O2/c1-23-10-9-17(21-23)16-11-14(24-18(19(25)26)12-20-22-24)7-8-15(16)13-5-3-2-4-6-13/h2-12H,1H3,(H,25,26). The lowest BCUT2D eigenvalue weighted by Crippen LogP contribution is -2.08. The number of benzene rings is 2. The third-order valence-corrected chi connectivity index (χ3v) is 4.09. The summed E-state index contributed by atoms with van der Waals surface area (Å²) in [7, 11) is 1.86. The quantitative estimate of drug-likeness (QED) is 0.614. The normalized spacial score (nSPS) is 10.8. The van der Waals surface area contributed by atoms with E-state index in [2.05, 4.69) is 15.4 Å². The first-order chi connectivity index (χ1) is 12.6. The Balaban J connectivity index is 1.92. The summed E-state index contributed by atoms with van der Waals surface area (Å²) in [4.78, 5) is 11.4. The van der Waals surface area contributed by atoms with E-state index >= 15 is 0 Å². The van der Waals surface area contributed by atoms with Crippen LogP contribution in [0.2, 0.25) is 0 Å². The molecule has 0 amide bonds. The van der Waals surface area contributed by atoms with Crippen LogP contribution < -0.4 is 0 Å². The minimum Gasteiger partial charge on any atom is -0.476 e. The molecular weight excluding hydrogens is 330 g/mol. The monoisotopic (exact) mass is 345 g/mol.